The summed E-state index contributed by atoms with van der Waals surface area (Å²) in [5, 5.41) is 0. The van der Waals surface area contributed by atoms with E-state index in [1.165, 1.54) is 12.1 Å². The minimum absolute atomic E-state index is 0.0386. The normalized spacial score (nSPS) is 11.2. The zero-order valence-corrected chi connectivity index (χ0v) is 16.4. The van der Waals surface area contributed by atoms with Crippen molar-refractivity contribution in [3.63, 3.8) is 0 Å². The summed E-state index contributed by atoms with van der Waals surface area (Å²) in [6.07, 6.45) is -4.70. The first-order chi connectivity index (χ1) is 14.4. The Labute approximate surface area is 173 Å². The second kappa shape index (κ2) is 9.48. The predicted octanol–water partition coefficient (Wildman–Crippen LogP) is 6.46. The Kier molecular flexibility index (Phi) is 6.77. The van der Waals surface area contributed by atoms with Gasteiger partial charge >= 0.3 is 6.18 Å². The van der Waals surface area contributed by atoms with E-state index in [9.17, 15) is 18.0 Å². The number of Topliss-reactive ketones (excluding diaryl/α,β-unsaturated/α-hetero) is 1. The summed E-state index contributed by atoms with van der Waals surface area (Å²) in [5.41, 5.74) is 0.240. The number of hydrogen-bond donors (Lipinski definition) is 0. The lowest BCUT2D eigenvalue weighted by Gasteiger charge is -2.21. The van der Waals surface area contributed by atoms with Crippen LogP contribution in [0.25, 0.3) is 0 Å². The molecule has 0 saturated carbocycles. The number of hydrogen-bond acceptors (Lipinski definition) is 3. The molecule has 0 bridgehead atoms. The second-order valence-corrected chi connectivity index (χ2v) is 6.64. The second-order valence-electron chi connectivity index (χ2n) is 6.64. The van der Waals surface area contributed by atoms with Crippen LogP contribution in [0.5, 0.6) is 11.5 Å². The number of ketones is 1. The van der Waals surface area contributed by atoms with E-state index in [0.29, 0.717) is 5.56 Å². The Morgan fingerprint density at radius 1 is 0.800 bits per heavy atom. The van der Waals surface area contributed by atoms with Gasteiger partial charge in [0.25, 0.3) is 0 Å². The van der Waals surface area contributed by atoms with Crippen molar-refractivity contribution in [2.24, 2.45) is 0 Å². The third-order valence-corrected chi connectivity index (χ3v) is 4.49. The summed E-state index contributed by atoms with van der Waals surface area (Å²) < 4.78 is 53.2. The number of rotatable bonds is 8. The van der Waals surface area contributed by atoms with Gasteiger partial charge in [0.15, 0.2) is 5.78 Å². The summed E-state index contributed by atoms with van der Waals surface area (Å²) in [6.45, 7) is 1.45. The molecule has 30 heavy (non-hydrogen) atoms. The zero-order valence-electron chi connectivity index (χ0n) is 16.4. The van der Waals surface area contributed by atoms with Gasteiger partial charge in [-0.3, -0.25) is 4.79 Å². The van der Waals surface area contributed by atoms with Crippen molar-refractivity contribution in [1.82, 2.24) is 0 Å². The Hall–Kier alpha value is -3.28. The van der Waals surface area contributed by atoms with Crippen molar-refractivity contribution in [3.8, 4) is 11.5 Å². The molecule has 0 saturated heterocycles. The molecule has 0 aliphatic carbocycles. The molecular weight excluding hydrogens is 393 g/mol. The van der Waals surface area contributed by atoms with Crippen LogP contribution in [0.3, 0.4) is 0 Å². The van der Waals surface area contributed by atoms with Crippen molar-refractivity contribution >= 4 is 5.78 Å². The summed E-state index contributed by atoms with van der Waals surface area (Å²) >= 11 is 0. The van der Waals surface area contributed by atoms with E-state index < -0.39 is 23.3 Å². The first-order valence-corrected chi connectivity index (χ1v) is 9.51. The monoisotopic (exact) mass is 414 g/mol. The average molecular weight is 414 g/mol. The molecule has 0 heterocycles. The molecule has 3 nitrogen and oxygen atoms in total. The third-order valence-electron chi connectivity index (χ3n) is 4.49. The fourth-order valence-electron chi connectivity index (χ4n) is 2.98. The molecule has 0 amide bonds. The van der Waals surface area contributed by atoms with Gasteiger partial charge in [0.2, 0.25) is 0 Å². The molecule has 3 aromatic rings. The van der Waals surface area contributed by atoms with Gasteiger partial charge in [-0.15, -0.1) is 0 Å². The lowest BCUT2D eigenvalue weighted by atomic mass is 10.0. The first-order valence-electron chi connectivity index (χ1n) is 9.51. The smallest absolute Gasteiger partial charge is 0.423 e. The quantitative estimate of drug-likeness (QED) is 0.397. The zero-order chi connectivity index (χ0) is 21.6. The molecule has 0 N–H and O–H groups in total. The predicted molar refractivity (Wildman–Crippen MR) is 108 cm³/mol. The topological polar surface area (TPSA) is 35.5 Å². The minimum atomic E-state index is -4.76. The molecule has 6 heteroatoms. The Bertz CT molecular complexity index is 984. The number of halogens is 3. The minimum Gasteiger partial charge on any atom is -0.488 e. The van der Waals surface area contributed by atoms with E-state index in [2.05, 4.69) is 0 Å². The van der Waals surface area contributed by atoms with E-state index in [-0.39, 0.29) is 30.9 Å². The van der Waals surface area contributed by atoms with E-state index in [0.717, 1.165) is 5.56 Å². The fourth-order valence-corrected chi connectivity index (χ4v) is 2.98. The molecule has 0 aromatic heterocycles. The maximum atomic E-state index is 14.0. The molecule has 0 unspecified atom stereocenters. The molecule has 0 fully saturated rings. The van der Waals surface area contributed by atoms with Gasteiger partial charge in [-0.2, -0.15) is 13.2 Å². The summed E-state index contributed by atoms with van der Waals surface area (Å²) in [4.78, 5) is 12.3. The summed E-state index contributed by atoms with van der Waals surface area (Å²) in [7, 11) is 0. The highest BCUT2D eigenvalue weighted by Gasteiger charge is 2.40. The number of carbonyl (C=O) groups is 1. The number of benzene rings is 3. The van der Waals surface area contributed by atoms with Crippen LogP contribution in [-0.2, 0) is 19.4 Å². The highest BCUT2D eigenvalue weighted by atomic mass is 19.4. The van der Waals surface area contributed by atoms with Crippen LogP contribution in [-0.4, -0.2) is 5.78 Å². The molecular formula is C24H21F3O3. The molecule has 0 radical (unpaired) electrons. The van der Waals surface area contributed by atoms with Crippen molar-refractivity contribution in [3.05, 3.63) is 95.1 Å². The van der Waals surface area contributed by atoms with Crippen molar-refractivity contribution in [2.45, 2.75) is 32.7 Å². The molecule has 156 valence electrons. The van der Waals surface area contributed by atoms with Gasteiger partial charge in [0.05, 0.1) is 5.56 Å². The first kappa shape index (κ1) is 21.4. The lowest BCUT2D eigenvalue weighted by molar-refractivity contribution is -0.140. The molecule has 0 spiro atoms. The van der Waals surface area contributed by atoms with Crippen LogP contribution in [0.4, 0.5) is 13.2 Å². The highest BCUT2D eigenvalue weighted by Crippen LogP contribution is 2.45. The Morgan fingerprint density at radius 3 is 1.83 bits per heavy atom. The van der Waals surface area contributed by atoms with Crippen molar-refractivity contribution in [1.29, 1.82) is 0 Å². The summed E-state index contributed by atoms with van der Waals surface area (Å²) in [5.74, 6) is -1.30. The largest absolute Gasteiger partial charge is 0.488 e. The van der Waals surface area contributed by atoms with Crippen LogP contribution in [0, 0.1) is 0 Å². The van der Waals surface area contributed by atoms with E-state index >= 15 is 0 Å². The highest BCUT2D eigenvalue weighted by molar-refractivity contribution is 5.99. The van der Waals surface area contributed by atoms with Crippen LogP contribution >= 0.6 is 0 Å². The fraction of sp³-hybridized carbons (Fsp3) is 0.208. The van der Waals surface area contributed by atoms with Crippen LogP contribution in [0.2, 0.25) is 0 Å². The molecule has 0 aliphatic heterocycles. The van der Waals surface area contributed by atoms with Crippen LogP contribution < -0.4 is 9.47 Å². The van der Waals surface area contributed by atoms with Gasteiger partial charge in [0, 0.05) is 6.42 Å². The number of alkyl halides is 3. The van der Waals surface area contributed by atoms with Gasteiger partial charge in [-0.05, 0) is 23.3 Å². The maximum absolute atomic E-state index is 14.0. The molecule has 0 atom stereocenters. The number of carbonyl (C=O) groups excluding carboxylic acids is 1. The maximum Gasteiger partial charge on any atom is 0.423 e. The van der Waals surface area contributed by atoms with E-state index in [4.69, 9.17) is 9.47 Å². The van der Waals surface area contributed by atoms with Crippen molar-refractivity contribution in [2.75, 3.05) is 0 Å². The standard InChI is InChI=1S/C24H21F3O3/c1-2-20(28)19-13-14-21(29-15-17-9-5-3-6-10-17)22(24(25,26)27)23(19)30-16-18-11-7-4-8-12-18/h3-14H,2,15-16H2,1H3. The number of ether oxygens (including phenoxy) is 2. The molecule has 0 aliphatic rings. The van der Waals surface area contributed by atoms with E-state index in [1.54, 1.807) is 61.5 Å². The molecule has 3 aromatic carbocycles. The lowest BCUT2D eigenvalue weighted by Crippen LogP contribution is -2.15. The average Bonchev–Trinajstić information content (AvgIpc) is 2.76. The van der Waals surface area contributed by atoms with Crippen LogP contribution in [0.1, 0.15) is 40.4 Å². The SMILES string of the molecule is CCC(=O)c1ccc(OCc2ccccc2)c(C(F)(F)F)c1OCc1ccccc1. The van der Waals surface area contributed by atoms with Gasteiger partial charge in [-0.1, -0.05) is 67.6 Å². The van der Waals surface area contributed by atoms with Crippen LogP contribution in [0.15, 0.2) is 72.8 Å². The Morgan fingerprint density at radius 2 is 1.33 bits per heavy atom. The molecule has 3 rings (SSSR count). The van der Waals surface area contributed by atoms with Gasteiger partial charge in [-0.25, -0.2) is 0 Å². The van der Waals surface area contributed by atoms with Gasteiger partial charge in [0.1, 0.15) is 30.3 Å². The summed E-state index contributed by atoms with van der Waals surface area (Å²) in [6, 6.07) is 20.2. The Balaban J connectivity index is 2.01. The van der Waals surface area contributed by atoms with Gasteiger partial charge < -0.3 is 9.47 Å². The van der Waals surface area contributed by atoms with E-state index in [1.807, 2.05) is 6.07 Å². The van der Waals surface area contributed by atoms with Crippen molar-refractivity contribution < 1.29 is 27.4 Å². The third kappa shape index (κ3) is 5.20.